The number of carbonyl (C=O) groups is 2. The molecule has 1 heterocycles. The summed E-state index contributed by atoms with van der Waals surface area (Å²) < 4.78 is 30.9. The van der Waals surface area contributed by atoms with Gasteiger partial charge in [-0.1, -0.05) is 17.7 Å². The fourth-order valence-electron chi connectivity index (χ4n) is 2.42. The molecular formula is C15H20N2O5S. The second-order valence-corrected chi connectivity index (χ2v) is 7.16. The minimum atomic E-state index is -4.04. The summed E-state index contributed by atoms with van der Waals surface area (Å²) in [6.45, 7) is 2.42. The van der Waals surface area contributed by atoms with Gasteiger partial charge in [0, 0.05) is 20.1 Å². The first-order valence-corrected chi connectivity index (χ1v) is 8.72. The normalized spacial score (nSPS) is 18.3. The molecule has 1 aromatic carbocycles. The van der Waals surface area contributed by atoms with Crippen molar-refractivity contribution < 1.29 is 22.7 Å². The second kappa shape index (κ2) is 7.10. The SMILES string of the molecule is COCCNC(=O)[C@@H]1CCC(=O)N1S(=O)(=O)c1ccc(C)cc1. The van der Waals surface area contributed by atoms with Crippen LogP contribution in [0.4, 0.5) is 0 Å². The van der Waals surface area contributed by atoms with Gasteiger partial charge >= 0.3 is 0 Å². The Balaban J connectivity index is 2.25. The van der Waals surface area contributed by atoms with Crippen molar-refractivity contribution in [3.05, 3.63) is 29.8 Å². The Morgan fingerprint density at radius 1 is 1.35 bits per heavy atom. The Labute approximate surface area is 135 Å². The Hall–Kier alpha value is -1.93. The number of rotatable bonds is 6. The molecule has 126 valence electrons. The zero-order valence-electron chi connectivity index (χ0n) is 13.1. The molecule has 1 aliphatic rings. The molecule has 0 unspecified atom stereocenters. The number of hydrogen-bond donors (Lipinski definition) is 1. The molecule has 0 radical (unpaired) electrons. The lowest BCUT2D eigenvalue weighted by Gasteiger charge is -2.23. The van der Waals surface area contributed by atoms with E-state index in [-0.39, 0.29) is 24.3 Å². The largest absolute Gasteiger partial charge is 0.383 e. The summed E-state index contributed by atoms with van der Waals surface area (Å²) in [5.74, 6) is -1.04. The molecule has 0 aliphatic carbocycles. The molecule has 23 heavy (non-hydrogen) atoms. The van der Waals surface area contributed by atoms with Gasteiger partial charge in [-0.25, -0.2) is 12.7 Å². The van der Waals surface area contributed by atoms with Gasteiger partial charge in [0.1, 0.15) is 6.04 Å². The van der Waals surface area contributed by atoms with Crippen LogP contribution in [0, 0.1) is 6.92 Å². The van der Waals surface area contributed by atoms with Gasteiger partial charge in [-0.2, -0.15) is 0 Å². The average molecular weight is 340 g/mol. The zero-order valence-corrected chi connectivity index (χ0v) is 13.9. The van der Waals surface area contributed by atoms with Crippen molar-refractivity contribution in [3.63, 3.8) is 0 Å². The van der Waals surface area contributed by atoms with Crippen molar-refractivity contribution >= 4 is 21.8 Å². The average Bonchev–Trinajstić information content (AvgIpc) is 2.90. The second-order valence-electron chi connectivity index (χ2n) is 5.35. The summed E-state index contributed by atoms with van der Waals surface area (Å²) in [4.78, 5) is 24.2. The van der Waals surface area contributed by atoms with Gasteiger partial charge in [-0.05, 0) is 25.5 Å². The number of carbonyl (C=O) groups excluding carboxylic acids is 2. The molecule has 0 spiro atoms. The molecule has 0 saturated carbocycles. The van der Waals surface area contributed by atoms with Crippen molar-refractivity contribution in [2.75, 3.05) is 20.3 Å². The summed E-state index contributed by atoms with van der Waals surface area (Å²) >= 11 is 0. The van der Waals surface area contributed by atoms with Gasteiger partial charge in [0.05, 0.1) is 11.5 Å². The maximum atomic E-state index is 12.7. The predicted octanol–water partition coefficient (Wildman–Crippen LogP) is 0.437. The number of methoxy groups -OCH3 is 1. The lowest BCUT2D eigenvalue weighted by Crippen LogP contribution is -2.48. The maximum Gasteiger partial charge on any atom is 0.267 e. The quantitative estimate of drug-likeness (QED) is 0.759. The molecule has 2 rings (SSSR count). The van der Waals surface area contributed by atoms with E-state index in [2.05, 4.69) is 5.32 Å². The van der Waals surface area contributed by atoms with Crippen LogP contribution in [0.1, 0.15) is 18.4 Å². The van der Waals surface area contributed by atoms with E-state index in [1.807, 2.05) is 6.92 Å². The molecule has 2 amide bonds. The van der Waals surface area contributed by atoms with Crippen LogP contribution in [0.25, 0.3) is 0 Å². The van der Waals surface area contributed by atoms with Crippen LogP contribution in [-0.4, -0.2) is 50.8 Å². The van der Waals surface area contributed by atoms with E-state index in [1.54, 1.807) is 12.1 Å². The van der Waals surface area contributed by atoms with Gasteiger partial charge in [-0.15, -0.1) is 0 Å². The van der Waals surface area contributed by atoms with Gasteiger partial charge in [-0.3, -0.25) is 9.59 Å². The number of benzene rings is 1. The van der Waals surface area contributed by atoms with E-state index in [1.165, 1.54) is 19.2 Å². The molecule has 1 saturated heterocycles. The number of amides is 2. The molecule has 0 aromatic heterocycles. The maximum absolute atomic E-state index is 12.7. The van der Waals surface area contributed by atoms with Crippen LogP contribution in [0.2, 0.25) is 0 Å². The van der Waals surface area contributed by atoms with Gasteiger partial charge in [0.25, 0.3) is 10.0 Å². The number of nitrogens with zero attached hydrogens (tertiary/aromatic N) is 1. The zero-order chi connectivity index (χ0) is 17.0. The van der Waals surface area contributed by atoms with Crippen molar-refractivity contribution in [2.45, 2.75) is 30.7 Å². The Bertz CT molecular complexity index is 684. The summed E-state index contributed by atoms with van der Waals surface area (Å²) in [5, 5.41) is 2.59. The molecule has 1 aromatic rings. The Kier molecular flexibility index (Phi) is 5.38. The summed E-state index contributed by atoms with van der Waals surface area (Å²) in [6, 6.07) is 5.18. The van der Waals surface area contributed by atoms with E-state index in [9.17, 15) is 18.0 Å². The first kappa shape index (κ1) is 17.4. The van der Waals surface area contributed by atoms with Crippen LogP contribution >= 0.6 is 0 Å². The summed E-state index contributed by atoms with van der Waals surface area (Å²) in [7, 11) is -2.54. The van der Waals surface area contributed by atoms with E-state index in [0.717, 1.165) is 5.56 Å². The van der Waals surface area contributed by atoms with Crippen molar-refractivity contribution in [1.29, 1.82) is 0 Å². The predicted molar refractivity (Wildman–Crippen MR) is 83.1 cm³/mol. The first-order valence-electron chi connectivity index (χ1n) is 7.28. The van der Waals surface area contributed by atoms with Crippen molar-refractivity contribution in [3.8, 4) is 0 Å². The minimum Gasteiger partial charge on any atom is -0.383 e. The molecule has 1 atom stereocenters. The van der Waals surface area contributed by atoms with Crippen LogP contribution in [-0.2, 0) is 24.3 Å². The highest BCUT2D eigenvalue weighted by molar-refractivity contribution is 7.89. The van der Waals surface area contributed by atoms with Gasteiger partial charge in [0.2, 0.25) is 11.8 Å². The van der Waals surface area contributed by atoms with Crippen molar-refractivity contribution in [2.24, 2.45) is 0 Å². The molecule has 7 nitrogen and oxygen atoms in total. The highest BCUT2D eigenvalue weighted by atomic mass is 32.2. The third-order valence-corrected chi connectivity index (χ3v) is 5.49. The van der Waals surface area contributed by atoms with Crippen molar-refractivity contribution in [1.82, 2.24) is 9.62 Å². The molecule has 0 bridgehead atoms. The van der Waals surface area contributed by atoms with E-state index in [4.69, 9.17) is 4.74 Å². The molecular weight excluding hydrogens is 320 g/mol. The minimum absolute atomic E-state index is 0.00745. The first-order chi connectivity index (χ1) is 10.9. The Morgan fingerprint density at radius 2 is 2.00 bits per heavy atom. The van der Waals surface area contributed by atoms with Crippen LogP contribution in [0.3, 0.4) is 0 Å². The fourth-order valence-corrected chi connectivity index (χ4v) is 4.02. The third-order valence-electron chi connectivity index (χ3n) is 3.65. The van der Waals surface area contributed by atoms with E-state index < -0.39 is 27.9 Å². The standard InChI is InChI=1S/C15H20N2O5S/c1-11-3-5-12(6-4-11)23(20,21)17-13(7-8-14(17)18)15(19)16-9-10-22-2/h3-6,13H,7-10H2,1-2H3,(H,16,19)/t13-/m0/s1. The van der Waals surface area contributed by atoms with Crippen LogP contribution in [0.15, 0.2) is 29.2 Å². The lowest BCUT2D eigenvalue weighted by molar-refractivity contribution is -0.130. The smallest absolute Gasteiger partial charge is 0.267 e. The molecule has 1 aliphatic heterocycles. The molecule has 8 heteroatoms. The van der Waals surface area contributed by atoms with Crippen LogP contribution < -0.4 is 5.32 Å². The number of aryl methyl sites for hydroxylation is 1. The monoisotopic (exact) mass is 340 g/mol. The number of ether oxygens (including phenoxy) is 1. The highest BCUT2D eigenvalue weighted by Crippen LogP contribution is 2.27. The molecule has 1 fully saturated rings. The topological polar surface area (TPSA) is 92.8 Å². The van der Waals surface area contributed by atoms with Gasteiger partial charge < -0.3 is 10.1 Å². The third kappa shape index (κ3) is 3.70. The van der Waals surface area contributed by atoms with E-state index >= 15 is 0 Å². The Morgan fingerprint density at radius 3 is 2.61 bits per heavy atom. The highest BCUT2D eigenvalue weighted by Gasteiger charge is 2.44. The molecule has 1 N–H and O–H groups in total. The summed E-state index contributed by atoms with van der Waals surface area (Å²) in [5.41, 5.74) is 0.908. The lowest BCUT2D eigenvalue weighted by atomic mass is 10.2. The number of hydrogen-bond acceptors (Lipinski definition) is 5. The van der Waals surface area contributed by atoms with E-state index in [0.29, 0.717) is 10.9 Å². The fraction of sp³-hybridized carbons (Fsp3) is 0.467. The number of nitrogens with one attached hydrogen (secondary N) is 1. The number of sulfonamides is 1. The van der Waals surface area contributed by atoms with Gasteiger partial charge in [0.15, 0.2) is 0 Å². The van der Waals surface area contributed by atoms with Crippen LogP contribution in [0.5, 0.6) is 0 Å². The summed E-state index contributed by atoms with van der Waals surface area (Å²) in [6.07, 6.45) is 0.218.